The van der Waals surface area contributed by atoms with Crippen LogP contribution in [0.25, 0.3) is 0 Å². The average molecular weight is 205 g/mol. The van der Waals surface area contributed by atoms with Crippen molar-refractivity contribution in [2.75, 3.05) is 37.0 Å². The van der Waals surface area contributed by atoms with Crippen LogP contribution in [0.2, 0.25) is 0 Å². The van der Waals surface area contributed by atoms with Crippen LogP contribution in [0.3, 0.4) is 0 Å². The van der Waals surface area contributed by atoms with E-state index in [1.54, 1.807) is 0 Å². The Kier molecular flexibility index (Phi) is 1.85. The molecule has 1 spiro atoms. The summed E-state index contributed by atoms with van der Waals surface area (Å²) in [6.45, 7) is 2.82. The molecule has 0 atom stereocenters. The Morgan fingerprint density at radius 1 is 1.47 bits per heavy atom. The summed E-state index contributed by atoms with van der Waals surface area (Å²) in [6.07, 6.45) is 1.23. The molecule has 1 aromatic rings. The molecule has 3 heterocycles. The minimum absolute atomic E-state index is 0.277. The number of nitrogens with zero attached hydrogens (tertiary/aromatic N) is 2. The monoisotopic (exact) mass is 205 g/mol. The van der Waals surface area contributed by atoms with Crippen LogP contribution < -0.4 is 10.2 Å². The number of aromatic nitrogens is 1. The largest absolute Gasteiger partial charge is 0.376 e. The maximum absolute atomic E-state index is 5.30. The lowest BCUT2D eigenvalue weighted by Gasteiger charge is -2.58. The van der Waals surface area contributed by atoms with E-state index in [0.29, 0.717) is 0 Å². The van der Waals surface area contributed by atoms with Crippen LogP contribution in [0.1, 0.15) is 6.42 Å². The van der Waals surface area contributed by atoms with Gasteiger partial charge in [0.1, 0.15) is 11.6 Å². The molecule has 2 fully saturated rings. The molecule has 4 heteroatoms. The van der Waals surface area contributed by atoms with Gasteiger partial charge in [-0.25, -0.2) is 4.98 Å². The third-order valence-electron chi connectivity index (χ3n) is 3.38. The number of hydrogen-bond acceptors (Lipinski definition) is 4. The Balaban J connectivity index is 1.86. The second kappa shape index (κ2) is 3.10. The van der Waals surface area contributed by atoms with Crippen molar-refractivity contribution in [3.05, 3.63) is 18.2 Å². The maximum Gasteiger partial charge on any atom is 0.131 e. The van der Waals surface area contributed by atoms with Crippen molar-refractivity contribution < 1.29 is 4.74 Å². The first-order chi connectivity index (χ1) is 7.34. The molecule has 0 aliphatic carbocycles. The van der Waals surface area contributed by atoms with E-state index < -0.39 is 0 Å². The van der Waals surface area contributed by atoms with Crippen molar-refractivity contribution in [3.63, 3.8) is 0 Å². The highest BCUT2D eigenvalue weighted by Crippen LogP contribution is 2.40. The summed E-state index contributed by atoms with van der Waals surface area (Å²) in [5.41, 5.74) is 0.277. The SMILES string of the molecule is CNc1cccc(N2CCC23COC3)n1. The summed E-state index contributed by atoms with van der Waals surface area (Å²) in [6, 6.07) is 6.09. The van der Waals surface area contributed by atoms with Gasteiger partial charge in [0.05, 0.1) is 18.8 Å². The Hall–Kier alpha value is -1.29. The molecule has 2 saturated heterocycles. The van der Waals surface area contributed by atoms with E-state index in [2.05, 4.69) is 21.3 Å². The molecular weight excluding hydrogens is 190 g/mol. The van der Waals surface area contributed by atoms with Gasteiger partial charge in [-0.1, -0.05) is 6.07 Å². The second-order valence-electron chi connectivity index (χ2n) is 4.25. The smallest absolute Gasteiger partial charge is 0.131 e. The summed E-state index contributed by atoms with van der Waals surface area (Å²) in [4.78, 5) is 6.91. The lowest BCUT2D eigenvalue weighted by molar-refractivity contribution is -0.0851. The summed E-state index contributed by atoms with van der Waals surface area (Å²) >= 11 is 0. The topological polar surface area (TPSA) is 37.4 Å². The quantitative estimate of drug-likeness (QED) is 0.784. The van der Waals surface area contributed by atoms with Crippen molar-refractivity contribution in [1.29, 1.82) is 0 Å². The highest BCUT2D eigenvalue weighted by atomic mass is 16.5. The molecule has 80 valence electrons. The zero-order valence-corrected chi connectivity index (χ0v) is 8.86. The Labute approximate surface area is 89.3 Å². The lowest BCUT2D eigenvalue weighted by Crippen LogP contribution is -2.71. The summed E-state index contributed by atoms with van der Waals surface area (Å²) in [5.74, 6) is 1.99. The van der Waals surface area contributed by atoms with Gasteiger partial charge in [-0.05, 0) is 18.6 Å². The molecule has 1 aromatic heterocycles. The normalized spacial score (nSPS) is 22.1. The molecule has 3 rings (SSSR count). The second-order valence-corrected chi connectivity index (χ2v) is 4.25. The van der Waals surface area contributed by atoms with Gasteiger partial charge in [0.25, 0.3) is 0 Å². The van der Waals surface area contributed by atoms with E-state index in [9.17, 15) is 0 Å². The highest BCUT2D eigenvalue weighted by molar-refractivity contribution is 5.52. The van der Waals surface area contributed by atoms with E-state index in [0.717, 1.165) is 31.4 Å². The predicted octanol–water partition coefficient (Wildman–Crippen LogP) is 1.10. The van der Waals surface area contributed by atoms with Crippen molar-refractivity contribution in [2.24, 2.45) is 0 Å². The van der Waals surface area contributed by atoms with Crippen LogP contribution in [-0.4, -0.2) is 37.3 Å². The predicted molar refractivity (Wildman–Crippen MR) is 59.3 cm³/mol. The van der Waals surface area contributed by atoms with Crippen molar-refractivity contribution >= 4 is 11.6 Å². The van der Waals surface area contributed by atoms with Gasteiger partial charge in [-0.3, -0.25) is 0 Å². The van der Waals surface area contributed by atoms with Gasteiger partial charge in [0.2, 0.25) is 0 Å². The van der Waals surface area contributed by atoms with E-state index in [-0.39, 0.29) is 5.54 Å². The average Bonchev–Trinajstić information content (AvgIpc) is 2.14. The highest BCUT2D eigenvalue weighted by Gasteiger charge is 2.51. The van der Waals surface area contributed by atoms with Gasteiger partial charge < -0.3 is 15.0 Å². The van der Waals surface area contributed by atoms with Crippen LogP contribution in [-0.2, 0) is 4.74 Å². The van der Waals surface area contributed by atoms with Crippen LogP contribution in [0.4, 0.5) is 11.6 Å². The molecule has 0 saturated carbocycles. The minimum Gasteiger partial charge on any atom is -0.376 e. The molecule has 2 aliphatic heterocycles. The van der Waals surface area contributed by atoms with Gasteiger partial charge in [0.15, 0.2) is 0 Å². The van der Waals surface area contributed by atoms with Crippen LogP contribution in [0.15, 0.2) is 18.2 Å². The first kappa shape index (κ1) is 8.97. The Morgan fingerprint density at radius 3 is 2.87 bits per heavy atom. The van der Waals surface area contributed by atoms with E-state index in [1.807, 2.05) is 19.2 Å². The standard InChI is InChI=1S/C11H15N3O/c1-12-9-3-2-4-10(13-9)14-6-5-11(14)7-15-8-11/h2-4H,5-8H2,1H3,(H,12,13). The number of nitrogens with one attached hydrogen (secondary N) is 1. The third kappa shape index (κ3) is 1.21. The van der Waals surface area contributed by atoms with Crippen molar-refractivity contribution in [1.82, 2.24) is 4.98 Å². The number of ether oxygens (including phenoxy) is 1. The summed E-state index contributed by atoms with van der Waals surface area (Å²) in [5, 5.41) is 3.06. The number of rotatable bonds is 2. The molecule has 0 aromatic carbocycles. The lowest BCUT2D eigenvalue weighted by atomic mass is 9.83. The number of hydrogen-bond donors (Lipinski definition) is 1. The Morgan fingerprint density at radius 2 is 2.33 bits per heavy atom. The zero-order valence-electron chi connectivity index (χ0n) is 8.86. The Bertz CT molecular complexity index is 370. The summed E-state index contributed by atoms with van der Waals surface area (Å²) in [7, 11) is 1.89. The molecule has 15 heavy (non-hydrogen) atoms. The molecular formula is C11H15N3O. The van der Waals surface area contributed by atoms with E-state index in [1.165, 1.54) is 6.42 Å². The zero-order chi connectivity index (χ0) is 10.3. The van der Waals surface area contributed by atoms with E-state index >= 15 is 0 Å². The van der Waals surface area contributed by atoms with Gasteiger partial charge in [-0.15, -0.1) is 0 Å². The molecule has 1 N–H and O–H groups in total. The van der Waals surface area contributed by atoms with Crippen LogP contribution in [0, 0.1) is 0 Å². The van der Waals surface area contributed by atoms with Gasteiger partial charge in [-0.2, -0.15) is 0 Å². The first-order valence-electron chi connectivity index (χ1n) is 5.34. The maximum atomic E-state index is 5.30. The van der Waals surface area contributed by atoms with Crippen LogP contribution >= 0.6 is 0 Å². The van der Waals surface area contributed by atoms with Crippen molar-refractivity contribution in [3.8, 4) is 0 Å². The fourth-order valence-corrected chi connectivity index (χ4v) is 2.25. The van der Waals surface area contributed by atoms with Crippen molar-refractivity contribution in [2.45, 2.75) is 12.0 Å². The molecule has 0 amide bonds. The third-order valence-corrected chi connectivity index (χ3v) is 3.38. The van der Waals surface area contributed by atoms with Crippen LogP contribution in [0.5, 0.6) is 0 Å². The molecule has 2 aliphatic rings. The summed E-state index contributed by atoms with van der Waals surface area (Å²) < 4.78 is 5.30. The molecule has 4 nitrogen and oxygen atoms in total. The molecule has 0 radical (unpaired) electrons. The molecule has 0 bridgehead atoms. The fourth-order valence-electron chi connectivity index (χ4n) is 2.25. The fraction of sp³-hybridized carbons (Fsp3) is 0.545. The minimum atomic E-state index is 0.277. The van der Waals surface area contributed by atoms with E-state index in [4.69, 9.17) is 4.74 Å². The van der Waals surface area contributed by atoms with Gasteiger partial charge >= 0.3 is 0 Å². The van der Waals surface area contributed by atoms with Gasteiger partial charge in [0, 0.05) is 13.6 Å². The number of anilines is 2. The first-order valence-corrected chi connectivity index (χ1v) is 5.34. The molecule has 0 unspecified atom stereocenters. The number of pyridine rings is 1.